The predicted molar refractivity (Wildman–Crippen MR) is 65.5 cm³/mol. The second-order valence-corrected chi connectivity index (χ2v) is 5.22. The molecule has 16 heavy (non-hydrogen) atoms. The number of hydrogen-bond acceptors (Lipinski definition) is 3. The third-order valence-corrected chi connectivity index (χ3v) is 3.65. The maximum absolute atomic E-state index is 4.11. The molecule has 84 valence electrons. The smallest absolute Gasteiger partial charge is 0.0794 e. The van der Waals surface area contributed by atoms with Crippen LogP contribution in [0.2, 0.25) is 0 Å². The highest BCUT2D eigenvalue weighted by Gasteiger charge is 2.20. The molecule has 3 rings (SSSR count). The van der Waals surface area contributed by atoms with Gasteiger partial charge >= 0.3 is 0 Å². The molecule has 0 aliphatic heterocycles. The largest absolute Gasteiger partial charge is 0.345 e. The lowest BCUT2D eigenvalue weighted by Gasteiger charge is -2.08. The number of nitrogens with one attached hydrogen (secondary N) is 1. The first-order chi connectivity index (χ1) is 7.92. The molecule has 1 N–H and O–H groups in total. The van der Waals surface area contributed by atoms with E-state index in [0.29, 0.717) is 0 Å². The van der Waals surface area contributed by atoms with E-state index in [1.165, 1.54) is 23.4 Å². The molecule has 2 aromatic rings. The molecule has 0 bridgehead atoms. The third kappa shape index (κ3) is 2.33. The summed E-state index contributed by atoms with van der Waals surface area (Å²) in [5.41, 5.74) is 3.25. The minimum Gasteiger partial charge on any atom is -0.345 e. The average Bonchev–Trinajstić information content (AvgIpc) is 2.79. The second-order valence-electron chi connectivity index (χ2n) is 4.25. The predicted octanol–water partition coefficient (Wildman–Crippen LogP) is 2.24. The summed E-state index contributed by atoms with van der Waals surface area (Å²) in [7, 11) is 0. The first-order valence-corrected chi connectivity index (χ1v) is 6.54. The van der Waals surface area contributed by atoms with Crippen molar-refractivity contribution in [3.05, 3.63) is 40.6 Å². The van der Waals surface area contributed by atoms with Gasteiger partial charge in [-0.05, 0) is 25.0 Å². The van der Waals surface area contributed by atoms with Crippen LogP contribution < -0.4 is 5.32 Å². The molecule has 0 unspecified atom stereocenters. The van der Waals surface area contributed by atoms with Crippen molar-refractivity contribution in [1.82, 2.24) is 14.9 Å². The molecule has 0 saturated heterocycles. The molecule has 1 aliphatic rings. The fourth-order valence-corrected chi connectivity index (χ4v) is 2.38. The maximum atomic E-state index is 4.11. The Labute approximate surface area is 99.1 Å². The van der Waals surface area contributed by atoms with Crippen LogP contribution in [-0.2, 0) is 13.1 Å². The second kappa shape index (κ2) is 4.39. The molecule has 4 heteroatoms. The third-order valence-electron chi connectivity index (χ3n) is 2.88. The Morgan fingerprint density at radius 1 is 1.50 bits per heavy atom. The van der Waals surface area contributed by atoms with Crippen molar-refractivity contribution >= 4 is 11.3 Å². The van der Waals surface area contributed by atoms with Gasteiger partial charge < -0.3 is 9.88 Å². The standard InChI is InChI=1S/C12H15N3S/c1-2-11(6-14-10-3-4-10)15(5-1)8-12-7-13-9-16-12/h1-2,5,7,9-10,14H,3-4,6,8H2. The molecule has 1 saturated carbocycles. The quantitative estimate of drug-likeness (QED) is 0.858. The van der Waals surface area contributed by atoms with Crippen molar-refractivity contribution in [3.63, 3.8) is 0 Å². The molecule has 2 heterocycles. The van der Waals surface area contributed by atoms with E-state index >= 15 is 0 Å². The minimum atomic E-state index is 0.770. The van der Waals surface area contributed by atoms with E-state index < -0.39 is 0 Å². The van der Waals surface area contributed by atoms with Gasteiger partial charge in [0.05, 0.1) is 12.1 Å². The Morgan fingerprint density at radius 2 is 2.44 bits per heavy atom. The van der Waals surface area contributed by atoms with Crippen LogP contribution in [0.15, 0.2) is 30.0 Å². The topological polar surface area (TPSA) is 29.9 Å². The van der Waals surface area contributed by atoms with Gasteiger partial charge in [0.1, 0.15) is 0 Å². The molecule has 0 atom stereocenters. The van der Waals surface area contributed by atoms with Crippen molar-refractivity contribution in [2.75, 3.05) is 0 Å². The van der Waals surface area contributed by atoms with Crippen molar-refractivity contribution < 1.29 is 0 Å². The van der Waals surface area contributed by atoms with Gasteiger partial charge in [0.2, 0.25) is 0 Å². The summed E-state index contributed by atoms with van der Waals surface area (Å²) in [6.07, 6.45) is 6.78. The summed E-state index contributed by atoms with van der Waals surface area (Å²) in [6, 6.07) is 5.08. The Bertz CT molecular complexity index is 443. The first kappa shape index (κ1) is 10.1. The summed E-state index contributed by atoms with van der Waals surface area (Å²) in [5.74, 6) is 0. The lowest BCUT2D eigenvalue weighted by Crippen LogP contribution is -2.18. The Hall–Kier alpha value is -1.13. The fraction of sp³-hybridized carbons (Fsp3) is 0.417. The van der Waals surface area contributed by atoms with Crippen LogP contribution in [0.1, 0.15) is 23.4 Å². The Balaban J connectivity index is 1.66. The van der Waals surface area contributed by atoms with Crippen molar-refractivity contribution in [1.29, 1.82) is 0 Å². The van der Waals surface area contributed by atoms with Crippen molar-refractivity contribution in [2.45, 2.75) is 32.0 Å². The zero-order chi connectivity index (χ0) is 10.8. The monoisotopic (exact) mass is 233 g/mol. The highest BCUT2D eigenvalue weighted by atomic mass is 32.1. The molecule has 0 amide bonds. The van der Waals surface area contributed by atoms with Gasteiger partial charge in [-0.25, -0.2) is 0 Å². The van der Waals surface area contributed by atoms with Gasteiger partial charge in [-0.15, -0.1) is 11.3 Å². The van der Waals surface area contributed by atoms with E-state index in [1.54, 1.807) is 11.3 Å². The van der Waals surface area contributed by atoms with Crippen LogP contribution in [-0.4, -0.2) is 15.6 Å². The summed E-state index contributed by atoms with van der Waals surface area (Å²) in [4.78, 5) is 5.42. The maximum Gasteiger partial charge on any atom is 0.0794 e. The number of rotatable bonds is 5. The van der Waals surface area contributed by atoms with Gasteiger partial charge in [-0.2, -0.15) is 0 Å². The van der Waals surface area contributed by atoms with Gasteiger partial charge in [0.25, 0.3) is 0 Å². The van der Waals surface area contributed by atoms with Gasteiger partial charge in [-0.3, -0.25) is 4.98 Å². The van der Waals surface area contributed by atoms with E-state index in [-0.39, 0.29) is 0 Å². The van der Waals surface area contributed by atoms with Crippen LogP contribution in [0.3, 0.4) is 0 Å². The molecule has 1 aliphatic carbocycles. The highest BCUT2D eigenvalue weighted by molar-refractivity contribution is 7.09. The molecule has 3 nitrogen and oxygen atoms in total. The summed E-state index contributed by atoms with van der Waals surface area (Å²) >= 11 is 1.71. The van der Waals surface area contributed by atoms with E-state index in [9.17, 15) is 0 Å². The normalized spacial score (nSPS) is 15.5. The Kier molecular flexibility index (Phi) is 2.76. The lowest BCUT2D eigenvalue weighted by atomic mass is 10.4. The SMILES string of the molecule is c1cc(CNC2CC2)n(Cc2cncs2)c1. The van der Waals surface area contributed by atoms with Crippen LogP contribution in [0.5, 0.6) is 0 Å². The Morgan fingerprint density at radius 3 is 3.19 bits per heavy atom. The van der Waals surface area contributed by atoms with Crippen molar-refractivity contribution in [3.8, 4) is 0 Å². The van der Waals surface area contributed by atoms with Crippen molar-refractivity contribution in [2.24, 2.45) is 0 Å². The van der Waals surface area contributed by atoms with Crippen LogP contribution in [0.4, 0.5) is 0 Å². The number of hydrogen-bond donors (Lipinski definition) is 1. The van der Waals surface area contributed by atoms with E-state index in [2.05, 4.69) is 33.2 Å². The number of nitrogens with zero attached hydrogens (tertiary/aromatic N) is 2. The summed E-state index contributed by atoms with van der Waals surface area (Å²) in [5, 5.41) is 3.55. The average molecular weight is 233 g/mol. The molecule has 0 aromatic carbocycles. The molecule has 1 fully saturated rings. The first-order valence-electron chi connectivity index (χ1n) is 5.66. The summed E-state index contributed by atoms with van der Waals surface area (Å²) in [6.45, 7) is 1.93. The fourth-order valence-electron chi connectivity index (χ4n) is 1.79. The zero-order valence-corrected chi connectivity index (χ0v) is 9.91. The zero-order valence-electron chi connectivity index (χ0n) is 9.10. The summed E-state index contributed by atoms with van der Waals surface area (Å²) < 4.78 is 2.29. The molecular weight excluding hydrogens is 218 g/mol. The van der Waals surface area contributed by atoms with Crippen LogP contribution >= 0.6 is 11.3 Å². The van der Waals surface area contributed by atoms with Gasteiger partial charge in [0.15, 0.2) is 0 Å². The molecule has 2 aromatic heterocycles. The van der Waals surface area contributed by atoms with E-state index in [4.69, 9.17) is 0 Å². The van der Waals surface area contributed by atoms with E-state index in [0.717, 1.165) is 19.1 Å². The van der Waals surface area contributed by atoms with Gasteiger partial charge in [0, 0.05) is 35.6 Å². The van der Waals surface area contributed by atoms with Gasteiger partial charge in [-0.1, -0.05) is 0 Å². The highest BCUT2D eigenvalue weighted by Crippen LogP contribution is 2.19. The van der Waals surface area contributed by atoms with E-state index in [1.807, 2.05) is 11.7 Å². The number of aromatic nitrogens is 2. The van der Waals surface area contributed by atoms with Crippen LogP contribution in [0.25, 0.3) is 0 Å². The van der Waals surface area contributed by atoms with Crippen LogP contribution in [0, 0.1) is 0 Å². The molecular formula is C12H15N3S. The lowest BCUT2D eigenvalue weighted by molar-refractivity contribution is 0.636. The minimum absolute atomic E-state index is 0.770. The molecule has 0 radical (unpaired) electrons. The number of thiazole rings is 1. The molecule has 0 spiro atoms.